The van der Waals surface area contributed by atoms with Gasteiger partial charge in [0, 0.05) is 0 Å². The zero-order valence-electron chi connectivity index (χ0n) is 11.9. The summed E-state index contributed by atoms with van der Waals surface area (Å²) in [4.78, 5) is 13.3. The molecule has 0 heterocycles. The molecule has 7 heteroatoms. The first kappa shape index (κ1) is 17.5. The average molecular weight is 436 g/mol. The number of amides is 1. The molecule has 1 saturated carbocycles. The van der Waals surface area contributed by atoms with Crippen molar-refractivity contribution in [1.82, 2.24) is 5.32 Å². The van der Waals surface area contributed by atoms with Gasteiger partial charge in [0.1, 0.15) is 0 Å². The van der Waals surface area contributed by atoms with Gasteiger partial charge in [0.2, 0.25) is 0 Å². The normalized spacial score (nSPS) is 25.8. The summed E-state index contributed by atoms with van der Waals surface area (Å²) >= 11 is 5.33. The monoisotopic (exact) mass is 438 g/mol. The van der Waals surface area contributed by atoms with Crippen LogP contribution >= 0.6 is 0 Å². The Morgan fingerprint density at radius 2 is 2.14 bits per heavy atom. The van der Waals surface area contributed by atoms with Crippen LogP contribution in [0.4, 0.5) is 4.39 Å². The van der Waals surface area contributed by atoms with Gasteiger partial charge in [-0.05, 0) is 0 Å². The molecule has 22 heavy (non-hydrogen) atoms. The average Bonchev–Trinajstić information content (AvgIpc) is 2.48. The molecule has 1 fully saturated rings. The summed E-state index contributed by atoms with van der Waals surface area (Å²) in [5, 5.41) is 15.1. The van der Waals surface area contributed by atoms with Gasteiger partial charge in [-0.25, -0.2) is 0 Å². The predicted octanol–water partition coefficient (Wildman–Crippen LogP) is 1.25. The summed E-state index contributed by atoms with van der Waals surface area (Å²) in [6, 6.07) is 6.02. The number of benzene rings is 1. The van der Waals surface area contributed by atoms with E-state index in [0.29, 0.717) is 15.2 Å². The van der Waals surface area contributed by atoms with Crippen molar-refractivity contribution in [2.75, 3.05) is 0 Å². The molecule has 120 valence electrons. The van der Waals surface area contributed by atoms with E-state index < -0.39 is 0 Å². The minimum absolute atomic E-state index is 0.00199. The first-order valence-electron chi connectivity index (χ1n) is 7.12. The summed E-state index contributed by atoms with van der Waals surface area (Å²) < 4.78 is 13.2. The fourth-order valence-electron chi connectivity index (χ4n) is 2.53. The number of nitrogens with one attached hydrogen (secondary N) is 1. The van der Waals surface area contributed by atoms with E-state index in [1.807, 2.05) is 0 Å². The molecule has 2 rings (SSSR count). The third-order valence-corrected chi connectivity index (χ3v) is 7.36. The molecule has 3 atom stereocenters. The minimum atomic E-state index is -0.388. The molecule has 3 unspecified atom stereocenters. The van der Waals surface area contributed by atoms with Crippen molar-refractivity contribution in [3.63, 3.8) is 0 Å². The molecule has 0 radical (unpaired) electrons. The Morgan fingerprint density at radius 1 is 1.36 bits per heavy atom. The number of carbonyl (C=O) groups excluding carboxylic acids is 1. The quantitative estimate of drug-likeness (QED) is 0.323. The summed E-state index contributed by atoms with van der Waals surface area (Å²) in [7, 11) is 0. The molecule has 1 aromatic carbocycles. The van der Waals surface area contributed by atoms with Gasteiger partial charge in [0.15, 0.2) is 0 Å². The molecule has 4 nitrogen and oxygen atoms in total. The Morgan fingerprint density at radius 3 is 2.77 bits per heavy atom. The van der Waals surface area contributed by atoms with Gasteiger partial charge in [-0.15, -0.1) is 0 Å². The van der Waals surface area contributed by atoms with E-state index in [1.165, 1.54) is 12.1 Å². The fourth-order valence-corrected chi connectivity index (χ4v) is 3.95. The van der Waals surface area contributed by atoms with E-state index in [2.05, 4.69) is 42.5 Å². The molecule has 1 aliphatic rings. The zero-order chi connectivity index (χ0) is 16.1. The summed E-state index contributed by atoms with van der Waals surface area (Å²) in [5.41, 5.74) is 0.602. The second kappa shape index (κ2) is 8.11. The van der Waals surface area contributed by atoms with Gasteiger partial charge in [-0.2, -0.15) is 0 Å². The fraction of sp³-hybridized carbons (Fsp3) is 0.467. The Balaban J connectivity index is 1.95. The number of halogens is 1. The molecule has 1 aromatic rings. The Bertz CT molecular complexity index is 568. The van der Waals surface area contributed by atoms with E-state index in [9.17, 15) is 9.18 Å². The second-order valence-electron chi connectivity index (χ2n) is 5.47. The second-order valence-corrected chi connectivity index (χ2v) is 8.25. The van der Waals surface area contributed by atoms with Gasteiger partial charge < -0.3 is 0 Å². The van der Waals surface area contributed by atoms with E-state index in [1.54, 1.807) is 12.1 Å². The van der Waals surface area contributed by atoms with Crippen LogP contribution < -0.4 is 5.32 Å². The van der Waals surface area contributed by atoms with Crippen molar-refractivity contribution in [3.05, 3.63) is 35.6 Å². The van der Waals surface area contributed by atoms with Crippen molar-refractivity contribution in [2.24, 2.45) is 5.16 Å². The summed E-state index contributed by atoms with van der Waals surface area (Å²) in [6.45, 7) is 0. The van der Waals surface area contributed by atoms with Crippen molar-refractivity contribution >= 4 is 43.6 Å². The number of rotatable bonds is 4. The van der Waals surface area contributed by atoms with Gasteiger partial charge in [-0.3, -0.25) is 0 Å². The third kappa shape index (κ3) is 4.82. The van der Waals surface area contributed by atoms with Gasteiger partial charge in [-0.1, -0.05) is 0 Å². The van der Waals surface area contributed by atoms with E-state index in [0.717, 1.165) is 19.3 Å². The molecular weight excluding hydrogens is 417 g/mol. The molecule has 0 aliphatic heterocycles. The van der Waals surface area contributed by atoms with Crippen LogP contribution in [0.3, 0.4) is 0 Å². The van der Waals surface area contributed by atoms with E-state index in [-0.39, 0.29) is 29.9 Å². The number of nitrogens with zero attached hydrogens (tertiary/aromatic N) is 1. The van der Waals surface area contributed by atoms with E-state index >= 15 is 0 Å². The molecule has 0 bridgehead atoms. The Labute approximate surface area is 145 Å². The van der Waals surface area contributed by atoms with Crippen molar-refractivity contribution in [1.29, 1.82) is 0 Å². The van der Waals surface area contributed by atoms with E-state index in [4.69, 9.17) is 5.21 Å². The number of oxime groups is 1. The van der Waals surface area contributed by atoms with Crippen LogP contribution in [0.1, 0.15) is 24.8 Å². The van der Waals surface area contributed by atoms with Gasteiger partial charge in [0.05, 0.1) is 0 Å². The third-order valence-electron chi connectivity index (χ3n) is 3.76. The summed E-state index contributed by atoms with van der Waals surface area (Å²) in [6.07, 6.45) is 2.95. The summed E-state index contributed by atoms with van der Waals surface area (Å²) in [5.74, 6) is -0.762. The number of hydrogen-bond donors (Lipinski definition) is 2. The van der Waals surface area contributed by atoms with Crippen LogP contribution in [-0.2, 0) is 11.2 Å². The Hall–Kier alpha value is -0.871. The predicted molar refractivity (Wildman–Crippen MR) is 86.9 cm³/mol. The van der Waals surface area contributed by atoms with Crippen LogP contribution in [0.25, 0.3) is 0 Å². The molecule has 1 amide bonds. The van der Waals surface area contributed by atoms with Gasteiger partial charge >= 0.3 is 146 Å². The maximum atomic E-state index is 13.2. The van der Waals surface area contributed by atoms with Crippen molar-refractivity contribution < 1.29 is 14.4 Å². The first-order chi connectivity index (χ1) is 10.5. The zero-order valence-corrected chi connectivity index (χ0v) is 15.7. The molecule has 0 spiro atoms. The first-order valence-corrected chi connectivity index (χ1v) is 9.28. The maximum absolute atomic E-state index is 13.2. The van der Waals surface area contributed by atoms with Crippen LogP contribution in [-0.4, -0.2) is 54.9 Å². The molecule has 2 N–H and O–H groups in total. The number of hydrogen-bond acceptors (Lipinski definition) is 3. The molecular formula is C15H19FN2O2Se2. The number of carbonyl (C=O) groups is 1. The van der Waals surface area contributed by atoms with Gasteiger partial charge in [0.25, 0.3) is 0 Å². The van der Waals surface area contributed by atoms with Crippen LogP contribution in [0, 0.1) is 5.82 Å². The van der Waals surface area contributed by atoms with Crippen molar-refractivity contribution in [2.45, 2.75) is 41.4 Å². The van der Waals surface area contributed by atoms with Crippen LogP contribution in [0.2, 0.25) is 9.63 Å². The molecule has 1 aliphatic carbocycles. The Kier molecular flexibility index (Phi) is 6.45. The molecule has 0 aromatic heterocycles. The van der Waals surface area contributed by atoms with Crippen molar-refractivity contribution in [3.8, 4) is 0 Å². The molecule has 0 saturated heterocycles. The SMILES string of the molecule is O=C(NC1CCC([SeH])C([SeH])C1)/C(Cc1cccc(F)c1)=N/O. The standard InChI is InChI=1S/C15H19FN2O2Se2/c16-10-3-1-2-9(6-10)7-12(18-20)15(19)17-11-4-5-13(21)14(22)8-11/h1-3,6,11,13-14,20-22H,4-5,7-8H2,(H,17,19)/b18-12+. The van der Waals surface area contributed by atoms with Crippen LogP contribution in [0.5, 0.6) is 0 Å². The topological polar surface area (TPSA) is 61.7 Å². The van der Waals surface area contributed by atoms with Crippen LogP contribution in [0.15, 0.2) is 29.4 Å².